The first-order valence-corrected chi connectivity index (χ1v) is 7.34. The van der Waals surface area contributed by atoms with Gasteiger partial charge in [-0.15, -0.1) is 13.2 Å². The Kier molecular flexibility index (Phi) is 5.24. The number of benzene rings is 1. The fraction of sp³-hybridized carbons (Fsp3) is 0.214. The largest absolute Gasteiger partial charge is 0.478 e. The van der Waals surface area contributed by atoms with E-state index in [4.69, 9.17) is 5.11 Å². The summed E-state index contributed by atoms with van der Waals surface area (Å²) in [6, 6.07) is 4.05. The lowest BCUT2D eigenvalue weighted by Crippen LogP contribution is -2.31. The molecule has 1 rings (SSSR count). The van der Waals surface area contributed by atoms with Crippen LogP contribution in [0.5, 0.6) is 0 Å². The van der Waals surface area contributed by atoms with E-state index in [0.29, 0.717) is 5.56 Å². The molecular weight excluding hydrogens is 278 g/mol. The number of carboxylic acid groups (broad SMARTS) is 1. The summed E-state index contributed by atoms with van der Waals surface area (Å²) in [7, 11) is -3.77. The molecule has 0 aliphatic rings. The third kappa shape index (κ3) is 3.34. The summed E-state index contributed by atoms with van der Waals surface area (Å²) in [5.74, 6) is -1.15. The molecule has 1 aromatic rings. The number of aromatic carboxylic acids is 1. The van der Waals surface area contributed by atoms with Crippen molar-refractivity contribution < 1.29 is 18.3 Å². The fourth-order valence-corrected chi connectivity index (χ4v) is 3.11. The van der Waals surface area contributed by atoms with Crippen molar-refractivity contribution >= 4 is 16.0 Å². The van der Waals surface area contributed by atoms with E-state index in [1.807, 2.05) is 0 Å². The van der Waals surface area contributed by atoms with Gasteiger partial charge in [0, 0.05) is 13.1 Å². The highest BCUT2D eigenvalue weighted by atomic mass is 32.2. The van der Waals surface area contributed by atoms with Gasteiger partial charge < -0.3 is 5.11 Å². The lowest BCUT2D eigenvalue weighted by molar-refractivity contribution is 0.0696. The third-order valence-corrected chi connectivity index (χ3v) is 4.57. The average Bonchev–Trinajstić information content (AvgIpc) is 2.38. The van der Waals surface area contributed by atoms with Crippen LogP contribution < -0.4 is 0 Å². The van der Waals surface area contributed by atoms with E-state index in [9.17, 15) is 13.2 Å². The van der Waals surface area contributed by atoms with Gasteiger partial charge in [-0.1, -0.05) is 18.2 Å². The number of carbonyl (C=O) groups is 1. The van der Waals surface area contributed by atoms with Crippen LogP contribution in [0.2, 0.25) is 0 Å². The van der Waals surface area contributed by atoms with Gasteiger partial charge in [-0.25, -0.2) is 13.2 Å². The highest BCUT2D eigenvalue weighted by Crippen LogP contribution is 2.19. The SMILES string of the molecule is C=CCN(CC=C)S(=O)(=O)c1ccc(C)c(C(=O)O)c1. The molecule has 0 fully saturated rings. The Bertz CT molecular complexity index is 625. The predicted octanol–water partition coefficient (Wildman–Crippen LogP) is 2.06. The predicted molar refractivity (Wildman–Crippen MR) is 77.3 cm³/mol. The number of sulfonamides is 1. The van der Waals surface area contributed by atoms with E-state index in [1.165, 1.54) is 34.7 Å². The first-order valence-electron chi connectivity index (χ1n) is 5.90. The van der Waals surface area contributed by atoms with Crippen molar-refractivity contribution in [2.75, 3.05) is 13.1 Å². The average molecular weight is 295 g/mol. The minimum atomic E-state index is -3.77. The highest BCUT2D eigenvalue weighted by Gasteiger charge is 2.24. The lowest BCUT2D eigenvalue weighted by atomic mass is 10.1. The van der Waals surface area contributed by atoms with Crippen LogP contribution in [-0.4, -0.2) is 36.9 Å². The standard InChI is InChI=1S/C14H17NO4S/c1-4-8-15(9-5-2)20(18,19)12-7-6-11(3)13(10-12)14(16)17/h4-7,10H,1-2,8-9H2,3H3,(H,16,17). The Morgan fingerprint density at radius 1 is 1.30 bits per heavy atom. The maximum absolute atomic E-state index is 12.4. The van der Waals surface area contributed by atoms with Gasteiger partial charge in [0.25, 0.3) is 0 Å². The van der Waals surface area contributed by atoms with Crippen molar-refractivity contribution in [2.24, 2.45) is 0 Å². The minimum absolute atomic E-state index is 0.0248. The van der Waals surface area contributed by atoms with Crippen LogP contribution in [0.25, 0.3) is 0 Å². The fourth-order valence-electron chi connectivity index (χ4n) is 1.70. The number of hydrogen-bond donors (Lipinski definition) is 1. The summed E-state index contributed by atoms with van der Waals surface area (Å²) in [6.07, 6.45) is 2.93. The smallest absolute Gasteiger partial charge is 0.335 e. The maximum atomic E-state index is 12.4. The van der Waals surface area contributed by atoms with Gasteiger partial charge in [0.2, 0.25) is 10.0 Å². The Hall–Kier alpha value is -1.92. The van der Waals surface area contributed by atoms with Crippen LogP contribution in [-0.2, 0) is 10.0 Å². The Morgan fingerprint density at radius 2 is 1.85 bits per heavy atom. The van der Waals surface area contributed by atoms with E-state index in [2.05, 4.69) is 13.2 Å². The van der Waals surface area contributed by atoms with Gasteiger partial charge in [-0.3, -0.25) is 0 Å². The summed E-state index contributed by atoms with van der Waals surface area (Å²) in [6.45, 7) is 8.91. The number of hydrogen-bond acceptors (Lipinski definition) is 3. The lowest BCUT2D eigenvalue weighted by Gasteiger charge is -2.19. The minimum Gasteiger partial charge on any atom is -0.478 e. The summed E-state index contributed by atoms with van der Waals surface area (Å²) >= 11 is 0. The second kappa shape index (κ2) is 6.49. The van der Waals surface area contributed by atoms with Gasteiger partial charge in [0.05, 0.1) is 10.5 Å². The first kappa shape index (κ1) is 16.1. The Morgan fingerprint density at radius 3 is 2.30 bits per heavy atom. The molecule has 5 nitrogen and oxygen atoms in total. The van der Waals surface area contributed by atoms with Crippen LogP contribution in [0.1, 0.15) is 15.9 Å². The van der Waals surface area contributed by atoms with Crippen molar-refractivity contribution in [2.45, 2.75) is 11.8 Å². The monoisotopic (exact) mass is 295 g/mol. The molecule has 20 heavy (non-hydrogen) atoms. The molecular formula is C14H17NO4S. The molecule has 0 aliphatic heterocycles. The zero-order valence-corrected chi connectivity index (χ0v) is 12.1. The molecule has 108 valence electrons. The van der Waals surface area contributed by atoms with Crippen molar-refractivity contribution in [3.63, 3.8) is 0 Å². The molecule has 0 aliphatic carbocycles. The Balaban J connectivity index is 3.33. The van der Waals surface area contributed by atoms with Crippen molar-refractivity contribution in [3.8, 4) is 0 Å². The van der Waals surface area contributed by atoms with Crippen LogP contribution >= 0.6 is 0 Å². The second-order valence-corrected chi connectivity index (χ2v) is 6.12. The van der Waals surface area contributed by atoms with E-state index < -0.39 is 16.0 Å². The van der Waals surface area contributed by atoms with Gasteiger partial charge in [-0.2, -0.15) is 4.31 Å². The molecule has 0 heterocycles. The molecule has 0 saturated carbocycles. The van der Waals surface area contributed by atoms with Gasteiger partial charge in [0.15, 0.2) is 0 Å². The van der Waals surface area contributed by atoms with E-state index in [-0.39, 0.29) is 23.5 Å². The molecule has 1 N–H and O–H groups in total. The zero-order valence-electron chi connectivity index (χ0n) is 11.2. The van der Waals surface area contributed by atoms with Crippen LogP contribution in [0, 0.1) is 6.92 Å². The summed E-state index contributed by atoms with van der Waals surface area (Å²) in [4.78, 5) is 11.0. The van der Waals surface area contributed by atoms with Crippen LogP contribution in [0.4, 0.5) is 0 Å². The summed E-state index contributed by atoms with van der Waals surface area (Å²) in [5.41, 5.74) is 0.485. The Labute approximate surface area is 118 Å². The number of nitrogens with zero attached hydrogens (tertiary/aromatic N) is 1. The number of carboxylic acids is 1. The van der Waals surface area contributed by atoms with Crippen molar-refractivity contribution in [1.82, 2.24) is 4.31 Å². The highest BCUT2D eigenvalue weighted by molar-refractivity contribution is 7.89. The summed E-state index contributed by atoms with van der Waals surface area (Å²) < 4.78 is 26.0. The topological polar surface area (TPSA) is 74.7 Å². The maximum Gasteiger partial charge on any atom is 0.335 e. The first-order chi connectivity index (χ1) is 9.34. The molecule has 0 atom stereocenters. The number of rotatable bonds is 7. The molecule has 0 bridgehead atoms. The van der Waals surface area contributed by atoms with E-state index in [1.54, 1.807) is 6.92 Å². The van der Waals surface area contributed by atoms with E-state index >= 15 is 0 Å². The van der Waals surface area contributed by atoms with Gasteiger partial charge in [0.1, 0.15) is 0 Å². The normalized spacial score (nSPS) is 11.3. The molecule has 0 saturated heterocycles. The molecule has 6 heteroatoms. The molecule has 1 aromatic carbocycles. The third-order valence-electron chi connectivity index (χ3n) is 2.74. The summed E-state index contributed by atoms with van der Waals surface area (Å²) in [5, 5.41) is 9.06. The molecule has 0 amide bonds. The molecule has 0 unspecified atom stereocenters. The van der Waals surface area contributed by atoms with Crippen molar-refractivity contribution in [3.05, 3.63) is 54.6 Å². The number of aryl methyl sites for hydroxylation is 1. The van der Waals surface area contributed by atoms with Crippen LogP contribution in [0.3, 0.4) is 0 Å². The van der Waals surface area contributed by atoms with Gasteiger partial charge >= 0.3 is 5.97 Å². The quantitative estimate of drug-likeness (QED) is 0.781. The van der Waals surface area contributed by atoms with Crippen molar-refractivity contribution in [1.29, 1.82) is 0 Å². The molecule has 0 spiro atoms. The zero-order chi connectivity index (χ0) is 15.3. The molecule has 0 radical (unpaired) electrons. The van der Waals surface area contributed by atoms with Crippen LogP contribution in [0.15, 0.2) is 48.4 Å². The molecule has 0 aromatic heterocycles. The van der Waals surface area contributed by atoms with Gasteiger partial charge in [-0.05, 0) is 24.6 Å². The van der Waals surface area contributed by atoms with E-state index in [0.717, 1.165) is 0 Å². The second-order valence-electron chi connectivity index (χ2n) is 4.18.